The molecule has 2 rings (SSSR count). The quantitative estimate of drug-likeness (QED) is 0.817. The number of hydrogen-bond acceptors (Lipinski definition) is 3. The lowest BCUT2D eigenvalue weighted by Crippen LogP contribution is -2.23. The van der Waals surface area contributed by atoms with E-state index in [-0.39, 0.29) is 0 Å². The number of allylic oxidation sites excluding steroid dienone is 1. The summed E-state index contributed by atoms with van der Waals surface area (Å²) in [7, 11) is -3.44. The first-order chi connectivity index (χ1) is 10.8. The number of nitrogens with one attached hydrogen (secondary N) is 1. The van der Waals surface area contributed by atoms with E-state index in [1.807, 2.05) is 49.4 Å². The van der Waals surface area contributed by atoms with Crippen LogP contribution in [0.2, 0.25) is 0 Å². The minimum Gasteiger partial charge on any atom is -0.397 e. The molecular formula is C18H22N2O2S. The van der Waals surface area contributed by atoms with Gasteiger partial charge in [-0.1, -0.05) is 42.5 Å². The highest BCUT2D eigenvalue weighted by Crippen LogP contribution is 2.29. The summed E-state index contributed by atoms with van der Waals surface area (Å²) in [4.78, 5) is 0. The van der Waals surface area contributed by atoms with Crippen LogP contribution in [0.4, 0.5) is 11.4 Å². The van der Waals surface area contributed by atoms with Gasteiger partial charge in [0.05, 0.1) is 16.6 Å². The molecule has 0 heterocycles. The van der Waals surface area contributed by atoms with E-state index >= 15 is 0 Å². The SMILES string of the molecule is C/C=C(\c1ccccc1)c1ccc(N)c(NS(=O)(=O)C(C)C)c1. The molecule has 23 heavy (non-hydrogen) atoms. The average Bonchev–Trinajstić information content (AvgIpc) is 2.52. The molecule has 2 aromatic carbocycles. The maximum Gasteiger partial charge on any atom is 0.235 e. The van der Waals surface area contributed by atoms with Gasteiger partial charge in [-0.15, -0.1) is 0 Å². The minimum absolute atomic E-state index is 0.404. The lowest BCUT2D eigenvalue weighted by atomic mass is 9.97. The van der Waals surface area contributed by atoms with Gasteiger partial charge in [0.2, 0.25) is 10.0 Å². The fourth-order valence-electron chi connectivity index (χ4n) is 2.20. The zero-order chi connectivity index (χ0) is 17.0. The van der Waals surface area contributed by atoms with Crippen molar-refractivity contribution in [2.75, 3.05) is 10.5 Å². The molecule has 0 atom stereocenters. The number of rotatable bonds is 5. The van der Waals surface area contributed by atoms with Gasteiger partial charge in [-0.3, -0.25) is 4.72 Å². The average molecular weight is 330 g/mol. The third-order valence-corrected chi connectivity index (χ3v) is 5.36. The maximum absolute atomic E-state index is 12.1. The molecular weight excluding hydrogens is 308 g/mol. The van der Waals surface area contributed by atoms with E-state index < -0.39 is 15.3 Å². The van der Waals surface area contributed by atoms with Gasteiger partial charge in [-0.05, 0) is 49.6 Å². The minimum atomic E-state index is -3.44. The van der Waals surface area contributed by atoms with Crippen LogP contribution in [-0.4, -0.2) is 13.7 Å². The lowest BCUT2D eigenvalue weighted by molar-refractivity contribution is 0.593. The molecule has 4 nitrogen and oxygen atoms in total. The van der Waals surface area contributed by atoms with Crippen molar-refractivity contribution in [1.82, 2.24) is 0 Å². The van der Waals surface area contributed by atoms with E-state index in [0.29, 0.717) is 11.4 Å². The molecule has 3 N–H and O–H groups in total. The second-order valence-corrected chi connectivity index (χ2v) is 7.80. The van der Waals surface area contributed by atoms with Gasteiger partial charge >= 0.3 is 0 Å². The molecule has 122 valence electrons. The van der Waals surface area contributed by atoms with Crippen LogP contribution in [0.5, 0.6) is 0 Å². The van der Waals surface area contributed by atoms with Crippen molar-refractivity contribution in [2.45, 2.75) is 26.0 Å². The Kier molecular flexibility index (Phi) is 5.11. The van der Waals surface area contributed by atoms with Crippen LogP contribution in [0.25, 0.3) is 5.57 Å². The van der Waals surface area contributed by atoms with Crippen molar-refractivity contribution in [3.05, 3.63) is 65.7 Å². The Morgan fingerprint density at radius 1 is 1.09 bits per heavy atom. The fourth-order valence-corrected chi connectivity index (χ4v) is 2.92. The second-order valence-electron chi connectivity index (χ2n) is 5.57. The Labute approximate surface area is 138 Å². The molecule has 0 amide bonds. The fraction of sp³-hybridized carbons (Fsp3) is 0.222. The predicted octanol–water partition coefficient (Wildman–Crippen LogP) is 3.87. The summed E-state index contributed by atoms with van der Waals surface area (Å²) in [5.74, 6) is 0. The van der Waals surface area contributed by atoms with Gasteiger partial charge in [-0.25, -0.2) is 8.42 Å². The number of nitrogens with two attached hydrogens (primary N) is 1. The number of nitrogen functional groups attached to an aromatic ring is 1. The van der Waals surface area contributed by atoms with Crippen molar-refractivity contribution in [2.24, 2.45) is 0 Å². The van der Waals surface area contributed by atoms with Crippen molar-refractivity contribution in [1.29, 1.82) is 0 Å². The molecule has 0 saturated carbocycles. The highest BCUT2D eigenvalue weighted by atomic mass is 32.2. The summed E-state index contributed by atoms with van der Waals surface area (Å²) in [6.45, 7) is 5.21. The zero-order valence-corrected chi connectivity index (χ0v) is 14.4. The topological polar surface area (TPSA) is 72.2 Å². The molecule has 0 fully saturated rings. The molecule has 0 aliphatic carbocycles. The maximum atomic E-state index is 12.1. The summed E-state index contributed by atoms with van der Waals surface area (Å²) in [5.41, 5.74) is 9.75. The van der Waals surface area contributed by atoms with E-state index in [2.05, 4.69) is 4.72 Å². The van der Waals surface area contributed by atoms with E-state index in [1.54, 1.807) is 26.0 Å². The monoisotopic (exact) mass is 330 g/mol. The molecule has 0 radical (unpaired) electrons. The van der Waals surface area contributed by atoms with Crippen LogP contribution in [0.1, 0.15) is 31.9 Å². The van der Waals surface area contributed by atoms with E-state index in [4.69, 9.17) is 5.73 Å². The Hall–Kier alpha value is -2.27. The summed E-state index contributed by atoms with van der Waals surface area (Å²) >= 11 is 0. The van der Waals surface area contributed by atoms with Crippen LogP contribution in [0.15, 0.2) is 54.6 Å². The molecule has 0 aromatic heterocycles. The van der Waals surface area contributed by atoms with Gasteiger partial charge in [0.1, 0.15) is 0 Å². The second kappa shape index (κ2) is 6.87. The molecule has 0 aliphatic rings. The molecule has 0 spiro atoms. The van der Waals surface area contributed by atoms with Crippen LogP contribution >= 0.6 is 0 Å². The Balaban J connectivity index is 2.45. The first-order valence-electron chi connectivity index (χ1n) is 7.48. The van der Waals surface area contributed by atoms with E-state index in [9.17, 15) is 8.42 Å². The van der Waals surface area contributed by atoms with Crippen molar-refractivity contribution < 1.29 is 8.42 Å². The summed E-state index contributed by atoms with van der Waals surface area (Å²) < 4.78 is 26.8. The summed E-state index contributed by atoms with van der Waals surface area (Å²) in [5, 5.41) is -0.527. The van der Waals surface area contributed by atoms with Gasteiger partial charge in [0, 0.05) is 0 Å². The first-order valence-corrected chi connectivity index (χ1v) is 9.03. The van der Waals surface area contributed by atoms with E-state index in [0.717, 1.165) is 16.7 Å². The molecule has 0 aliphatic heterocycles. The van der Waals surface area contributed by atoms with Gasteiger partial charge in [-0.2, -0.15) is 0 Å². The van der Waals surface area contributed by atoms with Crippen LogP contribution < -0.4 is 10.5 Å². The Morgan fingerprint density at radius 2 is 1.74 bits per heavy atom. The normalized spacial score (nSPS) is 12.4. The van der Waals surface area contributed by atoms with Gasteiger partial charge in [0.25, 0.3) is 0 Å². The Bertz CT molecular complexity index is 810. The molecule has 0 bridgehead atoms. The molecule has 0 saturated heterocycles. The van der Waals surface area contributed by atoms with Crippen molar-refractivity contribution >= 4 is 27.0 Å². The predicted molar refractivity (Wildman–Crippen MR) is 97.7 cm³/mol. The van der Waals surface area contributed by atoms with Crippen molar-refractivity contribution in [3.63, 3.8) is 0 Å². The standard InChI is InChI=1S/C18H22N2O2S/c1-4-16(14-8-6-5-7-9-14)15-10-11-17(19)18(12-15)20-23(21,22)13(2)3/h4-13,20H,19H2,1-3H3/b16-4+. The largest absolute Gasteiger partial charge is 0.397 e. The molecule has 2 aromatic rings. The number of benzene rings is 2. The highest BCUT2D eigenvalue weighted by Gasteiger charge is 2.17. The van der Waals surface area contributed by atoms with Crippen LogP contribution in [0.3, 0.4) is 0 Å². The zero-order valence-electron chi connectivity index (χ0n) is 13.6. The third kappa shape index (κ3) is 3.93. The van der Waals surface area contributed by atoms with Crippen molar-refractivity contribution in [3.8, 4) is 0 Å². The summed E-state index contributed by atoms with van der Waals surface area (Å²) in [6, 6.07) is 15.3. The Morgan fingerprint density at radius 3 is 2.30 bits per heavy atom. The highest BCUT2D eigenvalue weighted by molar-refractivity contribution is 7.93. The lowest BCUT2D eigenvalue weighted by Gasteiger charge is -2.15. The molecule has 0 unspecified atom stereocenters. The number of anilines is 2. The summed E-state index contributed by atoms with van der Waals surface area (Å²) in [6.07, 6.45) is 2.00. The number of hydrogen-bond donors (Lipinski definition) is 2. The van der Waals surface area contributed by atoms with Crippen LogP contribution in [0, 0.1) is 0 Å². The third-order valence-electron chi connectivity index (χ3n) is 3.61. The van der Waals surface area contributed by atoms with Crippen LogP contribution in [-0.2, 0) is 10.0 Å². The smallest absolute Gasteiger partial charge is 0.235 e. The van der Waals surface area contributed by atoms with E-state index in [1.165, 1.54) is 0 Å². The van der Waals surface area contributed by atoms with Gasteiger partial charge < -0.3 is 5.73 Å². The molecule has 5 heteroatoms. The first kappa shape index (κ1) is 17.1. The van der Waals surface area contributed by atoms with Gasteiger partial charge in [0.15, 0.2) is 0 Å². The number of sulfonamides is 1.